The molecule has 0 spiro atoms. The molecule has 0 radical (unpaired) electrons. The minimum atomic E-state index is -0.423. The third-order valence-corrected chi connectivity index (χ3v) is 4.22. The van der Waals surface area contributed by atoms with Gasteiger partial charge in [0.25, 0.3) is 0 Å². The van der Waals surface area contributed by atoms with Crippen LogP contribution in [-0.4, -0.2) is 48.3 Å². The largest absolute Gasteiger partial charge is 0.389 e. The van der Waals surface area contributed by atoms with Gasteiger partial charge < -0.3 is 15.3 Å². The molecular weight excluding hydrogens is 212 g/mol. The van der Waals surface area contributed by atoms with Crippen molar-refractivity contribution in [2.24, 2.45) is 0 Å². The lowest BCUT2D eigenvalue weighted by Gasteiger charge is -2.32. The highest BCUT2D eigenvalue weighted by molar-refractivity contribution is 4.84. The van der Waals surface area contributed by atoms with E-state index >= 15 is 0 Å². The van der Waals surface area contributed by atoms with Crippen LogP contribution in [0.5, 0.6) is 0 Å². The van der Waals surface area contributed by atoms with E-state index in [4.69, 9.17) is 0 Å². The Balaban J connectivity index is 2.10. The third-order valence-electron chi connectivity index (χ3n) is 4.22. The van der Waals surface area contributed by atoms with E-state index in [1.54, 1.807) is 0 Å². The number of nitrogens with zero attached hydrogens (tertiary/aromatic N) is 1. The smallest absolute Gasteiger partial charge is 0.0771 e. The van der Waals surface area contributed by atoms with Crippen molar-refractivity contribution in [3.63, 3.8) is 0 Å². The van der Waals surface area contributed by atoms with Crippen LogP contribution in [-0.2, 0) is 0 Å². The van der Waals surface area contributed by atoms with Gasteiger partial charge in [-0.1, -0.05) is 26.2 Å². The van der Waals surface area contributed by atoms with Gasteiger partial charge in [0.15, 0.2) is 0 Å². The molecule has 0 saturated heterocycles. The summed E-state index contributed by atoms with van der Waals surface area (Å²) >= 11 is 0. The van der Waals surface area contributed by atoms with Crippen LogP contribution in [0.25, 0.3) is 0 Å². The molecule has 3 nitrogen and oxygen atoms in total. The van der Waals surface area contributed by atoms with Gasteiger partial charge in [-0.2, -0.15) is 0 Å². The molecule has 2 N–H and O–H groups in total. The van der Waals surface area contributed by atoms with E-state index in [0.717, 1.165) is 32.5 Å². The zero-order chi connectivity index (χ0) is 12.7. The molecule has 0 aromatic carbocycles. The maximum Gasteiger partial charge on any atom is 0.0771 e. The minimum absolute atomic E-state index is 0.423. The number of likely N-dealkylation sites (N-methyl/N-ethyl adjacent to an activating group) is 1. The fraction of sp³-hybridized carbons (Fsp3) is 1.00. The van der Waals surface area contributed by atoms with Crippen LogP contribution in [0.2, 0.25) is 0 Å². The summed E-state index contributed by atoms with van der Waals surface area (Å²) in [6, 6.07) is 0.648. The van der Waals surface area contributed by atoms with Gasteiger partial charge in [0.1, 0.15) is 0 Å². The lowest BCUT2D eigenvalue weighted by atomic mass is 9.85. The number of hydrogen-bond donors (Lipinski definition) is 2. The van der Waals surface area contributed by atoms with E-state index in [-0.39, 0.29) is 0 Å². The standard InChI is InChI=1S/C14H30N2O/c1-4-13(2)16(3)11-10-15-12-14(17)8-6-5-7-9-14/h13,15,17H,4-12H2,1-3H3. The summed E-state index contributed by atoms with van der Waals surface area (Å²) in [4.78, 5) is 2.37. The first-order chi connectivity index (χ1) is 8.07. The summed E-state index contributed by atoms with van der Waals surface area (Å²) in [6.07, 6.45) is 6.80. The second kappa shape index (κ2) is 7.34. The molecule has 1 saturated carbocycles. The van der Waals surface area contributed by atoms with E-state index < -0.39 is 5.60 Å². The van der Waals surface area contributed by atoms with Gasteiger partial charge in [-0.15, -0.1) is 0 Å². The van der Waals surface area contributed by atoms with Crippen LogP contribution in [0.3, 0.4) is 0 Å². The highest BCUT2D eigenvalue weighted by Crippen LogP contribution is 2.27. The van der Waals surface area contributed by atoms with E-state index in [0.29, 0.717) is 6.04 Å². The van der Waals surface area contributed by atoms with Gasteiger partial charge in [0.2, 0.25) is 0 Å². The molecule has 0 bridgehead atoms. The zero-order valence-electron chi connectivity index (χ0n) is 11.8. The normalized spacial score (nSPS) is 21.7. The number of rotatable bonds is 7. The number of aliphatic hydroxyl groups is 1. The first kappa shape index (κ1) is 14.9. The predicted octanol–water partition coefficient (Wildman–Crippen LogP) is 2.00. The molecule has 0 aliphatic heterocycles. The molecule has 1 unspecified atom stereocenters. The third kappa shape index (κ3) is 5.36. The van der Waals surface area contributed by atoms with Crippen molar-refractivity contribution in [3.8, 4) is 0 Å². The Hall–Kier alpha value is -0.120. The van der Waals surface area contributed by atoms with E-state index in [1.165, 1.54) is 25.7 Å². The van der Waals surface area contributed by atoms with E-state index in [9.17, 15) is 5.11 Å². The molecule has 0 aromatic rings. The second-order valence-electron chi connectivity index (χ2n) is 5.70. The van der Waals surface area contributed by atoms with Crippen molar-refractivity contribution in [2.45, 2.75) is 64.0 Å². The van der Waals surface area contributed by atoms with Crippen molar-refractivity contribution in [3.05, 3.63) is 0 Å². The Bertz CT molecular complexity index is 202. The summed E-state index contributed by atoms with van der Waals surface area (Å²) in [5.74, 6) is 0. The quantitative estimate of drug-likeness (QED) is 0.670. The molecule has 17 heavy (non-hydrogen) atoms. The Labute approximate surface area is 107 Å². The SMILES string of the molecule is CCC(C)N(C)CCNCC1(O)CCCCC1. The lowest BCUT2D eigenvalue weighted by molar-refractivity contribution is 0.00464. The average Bonchev–Trinajstić information content (AvgIpc) is 2.34. The van der Waals surface area contributed by atoms with Gasteiger partial charge in [-0.25, -0.2) is 0 Å². The summed E-state index contributed by atoms with van der Waals surface area (Å²) in [5, 5.41) is 13.7. The molecule has 3 heteroatoms. The maximum atomic E-state index is 10.3. The lowest BCUT2D eigenvalue weighted by Crippen LogP contribution is -2.44. The van der Waals surface area contributed by atoms with Crippen molar-refractivity contribution in [1.29, 1.82) is 0 Å². The van der Waals surface area contributed by atoms with Crippen LogP contribution in [0.15, 0.2) is 0 Å². The number of nitrogens with one attached hydrogen (secondary N) is 1. The Morgan fingerprint density at radius 2 is 1.94 bits per heavy atom. The molecule has 1 rings (SSSR count). The van der Waals surface area contributed by atoms with Crippen LogP contribution < -0.4 is 5.32 Å². The fourth-order valence-electron chi connectivity index (χ4n) is 2.50. The zero-order valence-corrected chi connectivity index (χ0v) is 11.8. The van der Waals surface area contributed by atoms with Crippen LogP contribution in [0.1, 0.15) is 52.4 Å². The Morgan fingerprint density at radius 1 is 1.29 bits per heavy atom. The van der Waals surface area contributed by atoms with Gasteiger partial charge in [0, 0.05) is 25.7 Å². The van der Waals surface area contributed by atoms with Gasteiger partial charge in [-0.3, -0.25) is 0 Å². The minimum Gasteiger partial charge on any atom is -0.389 e. The van der Waals surface area contributed by atoms with Gasteiger partial charge >= 0.3 is 0 Å². The maximum absolute atomic E-state index is 10.3. The number of hydrogen-bond acceptors (Lipinski definition) is 3. The molecule has 0 heterocycles. The highest BCUT2D eigenvalue weighted by atomic mass is 16.3. The van der Waals surface area contributed by atoms with Crippen LogP contribution in [0.4, 0.5) is 0 Å². The van der Waals surface area contributed by atoms with Crippen LogP contribution >= 0.6 is 0 Å². The molecular formula is C14H30N2O. The van der Waals surface area contributed by atoms with Crippen molar-refractivity contribution < 1.29 is 5.11 Å². The summed E-state index contributed by atoms with van der Waals surface area (Å²) in [7, 11) is 2.17. The Kier molecular flexibility index (Phi) is 6.45. The summed E-state index contributed by atoms with van der Waals surface area (Å²) < 4.78 is 0. The molecule has 1 fully saturated rings. The molecule has 102 valence electrons. The first-order valence-corrected chi connectivity index (χ1v) is 7.21. The summed E-state index contributed by atoms with van der Waals surface area (Å²) in [6.45, 7) is 7.28. The fourth-order valence-corrected chi connectivity index (χ4v) is 2.50. The molecule has 0 amide bonds. The summed E-state index contributed by atoms with van der Waals surface area (Å²) in [5.41, 5.74) is -0.423. The first-order valence-electron chi connectivity index (χ1n) is 7.21. The van der Waals surface area contributed by atoms with E-state index in [1.807, 2.05) is 0 Å². The van der Waals surface area contributed by atoms with Crippen molar-refractivity contribution in [1.82, 2.24) is 10.2 Å². The average molecular weight is 242 g/mol. The van der Waals surface area contributed by atoms with Crippen LogP contribution in [0, 0.1) is 0 Å². The topological polar surface area (TPSA) is 35.5 Å². The van der Waals surface area contributed by atoms with E-state index in [2.05, 4.69) is 31.1 Å². The van der Waals surface area contributed by atoms with Crippen molar-refractivity contribution in [2.75, 3.05) is 26.7 Å². The van der Waals surface area contributed by atoms with Gasteiger partial charge in [0.05, 0.1) is 5.60 Å². The highest BCUT2D eigenvalue weighted by Gasteiger charge is 2.28. The molecule has 1 atom stereocenters. The molecule has 1 aliphatic carbocycles. The van der Waals surface area contributed by atoms with Crippen molar-refractivity contribution >= 4 is 0 Å². The molecule has 1 aliphatic rings. The molecule has 0 aromatic heterocycles. The van der Waals surface area contributed by atoms with Gasteiger partial charge in [-0.05, 0) is 33.2 Å². The monoisotopic (exact) mass is 242 g/mol. The Morgan fingerprint density at radius 3 is 2.53 bits per heavy atom. The predicted molar refractivity (Wildman–Crippen MR) is 73.3 cm³/mol. The second-order valence-corrected chi connectivity index (χ2v) is 5.70.